The van der Waals surface area contributed by atoms with Gasteiger partial charge in [-0.15, -0.1) is 0 Å². The quantitative estimate of drug-likeness (QED) is 0.892. The summed E-state index contributed by atoms with van der Waals surface area (Å²) in [6.07, 6.45) is 1.90. The average molecular weight is 341 g/mol. The van der Waals surface area contributed by atoms with Crippen molar-refractivity contribution in [3.63, 3.8) is 0 Å². The molecule has 0 radical (unpaired) electrons. The maximum atomic E-state index is 4.66. The smallest absolute Gasteiger partial charge is 0.133 e. The Hall–Kier alpha value is -0.650. The van der Waals surface area contributed by atoms with Crippen molar-refractivity contribution >= 4 is 21.7 Å². The van der Waals surface area contributed by atoms with Crippen molar-refractivity contribution in [3.8, 4) is 0 Å². The Bertz CT molecular complexity index is 438. The van der Waals surface area contributed by atoms with Crippen LogP contribution in [0.5, 0.6) is 0 Å². The molecule has 5 heteroatoms. The second kappa shape index (κ2) is 7.38. The molecule has 0 amide bonds. The number of hydrogen-bond acceptors (Lipinski definition) is 4. The van der Waals surface area contributed by atoms with E-state index < -0.39 is 0 Å². The molecule has 1 aliphatic rings. The van der Waals surface area contributed by atoms with E-state index in [0.29, 0.717) is 6.04 Å². The molecule has 1 atom stereocenters. The van der Waals surface area contributed by atoms with E-state index in [1.165, 1.54) is 5.56 Å². The number of aromatic nitrogens is 1. The van der Waals surface area contributed by atoms with Gasteiger partial charge in [-0.1, -0.05) is 13.8 Å². The molecule has 0 spiro atoms. The standard InChI is InChI=1S/C15H25BrN4/c1-4-17-9-13-8-14(16)10-18-15(13)20-7-6-19(5-2)12(3)11-20/h8,10,12,17H,4-7,9,11H2,1-3H3. The van der Waals surface area contributed by atoms with Crippen LogP contribution in [0.25, 0.3) is 0 Å². The van der Waals surface area contributed by atoms with Gasteiger partial charge in [0.2, 0.25) is 0 Å². The fourth-order valence-corrected chi connectivity index (χ4v) is 3.18. The van der Waals surface area contributed by atoms with Crippen molar-refractivity contribution in [3.05, 3.63) is 22.3 Å². The summed E-state index contributed by atoms with van der Waals surface area (Å²) in [6, 6.07) is 2.77. The van der Waals surface area contributed by atoms with E-state index in [1.54, 1.807) is 0 Å². The molecule has 1 fully saturated rings. The van der Waals surface area contributed by atoms with Crippen LogP contribution < -0.4 is 10.2 Å². The predicted molar refractivity (Wildman–Crippen MR) is 88.2 cm³/mol. The molecule has 0 bridgehead atoms. The summed E-state index contributed by atoms with van der Waals surface area (Å²) in [4.78, 5) is 9.61. The normalized spacial score (nSPS) is 20.4. The highest BCUT2D eigenvalue weighted by atomic mass is 79.9. The van der Waals surface area contributed by atoms with Crippen LogP contribution >= 0.6 is 15.9 Å². The Labute approximate surface area is 130 Å². The first kappa shape index (κ1) is 15.7. The summed E-state index contributed by atoms with van der Waals surface area (Å²) in [7, 11) is 0. The van der Waals surface area contributed by atoms with E-state index in [4.69, 9.17) is 0 Å². The zero-order chi connectivity index (χ0) is 14.5. The first-order valence-electron chi connectivity index (χ1n) is 7.49. The molecule has 0 aliphatic carbocycles. The highest BCUT2D eigenvalue weighted by Gasteiger charge is 2.24. The van der Waals surface area contributed by atoms with Crippen LogP contribution in [0.3, 0.4) is 0 Å². The molecule has 1 saturated heterocycles. The van der Waals surface area contributed by atoms with Crippen LogP contribution in [-0.2, 0) is 6.54 Å². The number of piperazine rings is 1. The predicted octanol–water partition coefficient (Wildman–Crippen LogP) is 2.48. The number of anilines is 1. The van der Waals surface area contributed by atoms with Crippen molar-refractivity contribution < 1.29 is 0 Å². The molecule has 0 aromatic carbocycles. The lowest BCUT2D eigenvalue weighted by atomic mass is 10.1. The number of likely N-dealkylation sites (N-methyl/N-ethyl adjacent to an activating group) is 1. The van der Waals surface area contributed by atoms with Crippen LogP contribution in [0, 0.1) is 0 Å². The SMILES string of the molecule is CCNCc1cc(Br)cnc1N1CCN(CC)C(C)C1. The van der Waals surface area contributed by atoms with Gasteiger partial charge in [0.15, 0.2) is 0 Å². The maximum absolute atomic E-state index is 4.66. The van der Waals surface area contributed by atoms with Crippen molar-refractivity contribution in [2.45, 2.75) is 33.4 Å². The Morgan fingerprint density at radius 1 is 1.40 bits per heavy atom. The third-order valence-corrected chi connectivity index (χ3v) is 4.38. The van der Waals surface area contributed by atoms with Gasteiger partial charge in [0, 0.05) is 48.5 Å². The highest BCUT2D eigenvalue weighted by Crippen LogP contribution is 2.24. The molecule has 1 aliphatic heterocycles. The summed E-state index contributed by atoms with van der Waals surface area (Å²) < 4.78 is 1.05. The molecule has 20 heavy (non-hydrogen) atoms. The minimum Gasteiger partial charge on any atom is -0.354 e. The zero-order valence-corrected chi connectivity index (χ0v) is 14.3. The molecule has 0 saturated carbocycles. The summed E-state index contributed by atoms with van der Waals surface area (Å²) in [6.45, 7) is 12.9. The number of rotatable bonds is 5. The topological polar surface area (TPSA) is 31.4 Å². The van der Waals surface area contributed by atoms with Gasteiger partial charge in [-0.2, -0.15) is 0 Å². The molecule has 2 heterocycles. The second-order valence-corrected chi connectivity index (χ2v) is 6.26. The molecule has 4 nitrogen and oxygen atoms in total. The number of halogens is 1. The number of nitrogens with one attached hydrogen (secondary N) is 1. The molecular formula is C15H25BrN4. The molecule has 2 rings (SSSR count). The molecular weight excluding hydrogens is 316 g/mol. The summed E-state index contributed by atoms with van der Waals surface area (Å²) >= 11 is 3.53. The minimum atomic E-state index is 0.589. The monoisotopic (exact) mass is 340 g/mol. The van der Waals surface area contributed by atoms with Crippen LogP contribution in [0.15, 0.2) is 16.7 Å². The summed E-state index contributed by atoms with van der Waals surface area (Å²) in [5.74, 6) is 1.14. The average Bonchev–Trinajstić information content (AvgIpc) is 2.45. The third kappa shape index (κ3) is 3.71. The van der Waals surface area contributed by atoms with Crippen molar-refractivity contribution in [1.82, 2.24) is 15.2 Å². The maximum Gasteiger partial charge on any atom is 0.133 e. The molecule has 1 aromatic heterocycles. The Kier molecular flexibility index (Phi) is 5.81. The van der Waals surface area contributed by atoms with E-state index in [2.05, 4.69) is 62.9 Å². The van der Waals surface area contributed by atoms with Gasteiger partial charge in [-0.25, -0.2) is 4.98 Å². The minimum absolute atomic E-state index is 0.589. The molecule has 1 aromatic rings. The lowest BCUT2D eigenvalue weighted by Gasteiger charge is -2.40. The lowest BCUT2D eigenvalue weighted by Crippen LogP contribution is -2.52. The Balaban J connectivity index is 2.15. The fraction of sp³-hybridized carbons (Fsp3) is 0.667. The zero-order valence-electron chi connectivity index (χ0n) is 12.7. The highest BCUT2D eigenvalue weighted by molar-refractivity contribution is 9.10. The van der Waals surface area contributed by atoms with Gasteiger partial charge >= 0.3 is 0 Å². The molecule has 1 unspecified atom stereocenters. The van der Waals surface area contributed by atoms with Crippen LogP contribution in [0.4, 0.5) is 5.82 Å². The van der Waals surface area contributed by atoms with E-state index >= 15 is 0 Å². The van der Waals surface area contributed by atoms with Gasteiger partial charge in [-0.3, -0.25) is 4.90 Å². The first-order valence-corrected chi connectivity index (χ1v) is 8.29. The largest absolute Gasteiger partial charge is 0.354 e. The number of pyridine rings is 1. The third-order valence-electron chi connectivity index (χ3n) is 3.95. The van der Waals surface area contributed by atoms with Gasteiger partial charge < -0.3 is 10.2 Å². The van der Waals surface area contributed by atoms with Crippen molar-refractivity contribution in [2.75, 3.05) is 37.6 Å². The summed E-state index contributed by atoms with van der Waals surface area (Å²) in [5, 5.41) is 3.40. The van der Waals surface area contributed by atoms with E-state index in [-0.39, 0.29) is 0 Å². The van der Waals surface area contributed by atoms with Crippen molar-refractivity contribution in [1.29, 1.82) is 0 Å². The lowest BCUT2D eigenvalue weighted by molar-refractivity contribution is 0.199. The van der Waals surface area contributed by atoms with E-state index in [9.17, 15) is 0 Å². The molecule has 112 valence electrons. The van der Waals surface area contributed by atoms with Crippen LogP contribution in [-0.4, -0.2) is 48.6 Å². The fourth-order valence-electron chi connectivity index (χ4n) is 2.81. The number of nitrogens with zero attached hydrogens (tertiary/aromatic N) is 3. The Morgan fingerprint density at radius 3 is 2.85 bits per heavy atom. The van der Waals surface area contributed by atoms with E-state index in [1.807, 2.05) is 6.20 Å². The van der Waals surface area contributed by atoms with Gasteiger partial charge in [0.25, 0.3) is 0 Å². The van der Waals surface area contributed by atoms with Crippen LogP contribution in [0.1, 0.15) is 26.3 Å². The van der Waals surface area contributed by atoms with Crippen LogP contribution in [0.2, 0.25) is 0 Å². The van der Waals surface area contributed by atoms with Gasteiger partial charge in [0.1, 0.15) is 5.82 Å². The first-order chi connectivity index (χ1) is 9.65. The summed E-state index contributed by atoms with van der Waals surface area (Å²) in [5.41, 5.74) is 1.28. The number of hydrogen-bond donors (Lipinski definition) is 1. The molecule has 1 N–H and O–H groups in total. The van der Waals surface area contributed by atoms with E-state index in [0.717, 1.165) is 49.6 Å². The van der Waals surface area contributed by atoms with Gasteiger partial charge in [0.05, 0.1) is 0 Å². The van der Waals surface area contributed by atoms with Crippen molar-refractivity contribution in [2.24, 2.45) is 0 Å². The van der Waals surface area contributed by atoms with Gasteiger partial charge in [-0.05, 0) is 42.0 Å². The Morgan fingerprint density at radius 2 is 2.20 bits per heavy atom. The second-order valence-electron chi connectivity index (χ2n) is 5.34.